The van der Waals surface area contributed by atoms with Crippen LogP contribution in [-0.4, -0.2) is 25.4 Å². The van der Waals surface area contributed by atoms with Gasteiger partial charge in [-0.25, -0.2) is 9.50 Å². The first-order valence-corrected chi connectivity index (χ1v) is 7.12. The molecular formula is C17H12N4O2. The van der Waals surface area contributed by atoms with Crippen molar-refractivity contribution in [3.63, 3.8) is 0 Å². The number of fused-ring (bicyclic) bond motifs is 1. The molecule has 0 radical (unpaired) electrons. The predicted molar refractivity (Wildman–Crippen MR) is 83.0 cm³/mol. The van der Waals surface area contributed by atoms with Gasteiger partial charge in [-0.15, -0.1) is 0 Å². The van der Waals surface area contributed by atoms with Crippen molar-refractivity contribution >= 4 is 11.4 Å². The smallest absolute Gasteiger partial charge is 0.172 e. The van der Waals surface area contributed by atoms with E-state index >= 15 is 0 Å². The molecule has 0 spiro atoms. The molecule has 0 saturated carbocycles. The third-order valence-electron chi connectivity index (χ3n) is 3.52. The van der Waals surface area contributed by atoms with Gasteiger partial charge in [0, 0.05) is 23.5 Å². The van der Waals surface area contributed by atoms with Gasteiger partial charge in [-0.1, -0.05) is 6.07 Å². The first kappa shape index (κ1) is 13.4. The zero-order valence-electron chi connectivity index (χ0n) is 12.1. The highest BCUT2D eigenvalue weighted by Gasteiger charge is 2.13. The van der Waals surface area contributed by atoms with Gasteiger partial charge in [-0.2, -0.15) is 5.10 Å². The molecule has 0 unspecified atom stereocenters. The Labute approximate surface area is 131 Å². The number of furan rings is 1. The Morgan fingerprint density at radius 2 is 2.13 bits per heavy atom. The number of hydrogen-bond acceptors (Lipinski definition) is 5. The average Bonchev–Trinajstić information content (AvgIpc) is 3.24. The van der Waals surface area contributed by atoms with E-state index in [2.05, 4.69) is 15.1 Å². The lowest BCUT2D eigenvalue weighted by atomic mass is 10.1. The third-order valence-corrected chi connectivity index (χ3v) is 3.52. The number of pyridine rings is 2. The summed E-state index contributed by atoms with van der Waals surface area (Å²) in [5, 5.41) is 4.46. The van der Waals surface area contributed by atoms with Gasteiger partial charge in [0.05, 0.1) is 24.6 Å². The fraction of sp³-hybridized carbons (Fsp3) is 0.0588. The van der Waals surface area contributed by atoms with E-state index in [9.17, 15) is 4.79 Å². The van der Waals surface area contributed by atoms with Crippen LogP contribution < -0.4 is 0 Å². The minimum absolute atomic E-state index is 0.0566. The van der Waals surface area contributed by atoms with E-state index in [-0.39, 0.29) is 12.2 Å². The predicted octanol–water partition coefficient (Wildman–Crippen LogP) is 2.81. The number of carbonyl (C=O) groups is 1. The van der Waals surface area contributed by atoms with Gasteiger partial charge in [0.15, 0.2) is 17.3 Å². The standard InChI is InChI=1S/C17H12N4O2/c22-15(12-3-2-7-18-10-12)9-16-19-17-5-1-4-14(21(17)20-16)13-6-8-23-11-13/h1-8,10-11H,9H2. The Hall–Kier alpha value is -3.28. The summed E-state index contributed by atoms with van der Waals surface area (Å²) in [7, 11) is 0. The number of aromatic nitrogens is 4. The maximum absolute atomic E-state index is 12.3. The average molecular weight is 304 g/mol. The number of Topliss-reactive ketones (excluding diaryl/α,β-unsaturated/α-hetero) is 1. The van der Waals surface area contributed by atoms with Gasteiger partial charge in [0.1, 0.15) is 0 Å². The van der Waals surface area contributed by atoms with E-state index in [4.69, 9.17) is 4.42 Å². The molecule has 4 aromatic rings. The van der Waals surface area contributed by atoms with Gasteiger partial charge >= 0.3 is 0 Å². The second-order valence-corrected chi connectivity index (χ2v) is 5.06. The SMILES string of the molecule is O=C(Cc1nc2cccc(-c3ccoc3)n2n1)c1cccnc1. The van der Waals surface area contributed by atoms with Gasteiger partial charge in [0.25, 0.3) is 0 Å². The lowest BCUT2D eigenvalue weighted by Gasteiger charge is -1.99. The molecule has 0 fully saturated rings. The van der Waals surface area contributed by atoms with Crippen LogP contribution in [0.15, 0.2) is 65.7 Å². The zero-order valence-corrected chi connectivity index (χ0v) is 12.1. The largest absolute Gasteiger partial charge is 0.472 e. The van der Waals surface area contributed by atoms with E-state index in [0.717, 1.165) is 11.3 Å². The highest BCUT2D eigenvalue weighted by molar-refractivity contribution is 5.96. The molecule has 0 atom stereocenters. The van der Waals surface area contributed by atoms with Crippen molar-refractivity contribution in [3.05, 3.63) is 72.7 Å². The van der Waals surface area contributed by atoms with Crippen LogP contribution in [0.3, 0.4) is 0 Å². The second kappa shape index (κ2) is 5.49. The molecule has 112 valence electrons. The fourth-order valence-electron chi connectivity index (χ4n) is 2.43. The number of nitrogens with zero attached hydrogens (tertiary/aromatic N) is 4. The van der Waals surface area contributed by atoms with Crippen molar-refractivity contribution in [1.29, 1.82) is 0 Å². The number of rotatable bonds is 4. The number of ketones is 1. The molecule has 6 nitrogen and oxygen atoms in total. The van der Waals surface area contributed by atoms with Crippen LogP contribution in [-0.2, 0) is 6.42 Å². The Kier molecular flexibility index (Phi) is 3.20. The molecule has 0 amide bonds. The topological polar surface area (TPSA) is 73.3 Å². The lowest BCUT2D eigenvalue weighted by molar-refractivity contribution is 0.0990. The Bertz CT molecular complexity index is 959. The van der Waals surface area contributed by atoms with Gasteiger partial charge in [-0.05, 0) is 30.3 Å². The van der Waals surface area contributed by atoms with Crippen LogP contribution >= 0.6 is 0 Å². The summed E-state index contributed by atoms with van der Waals surface area (Å²) in [5.41, 5.74) is 3.02. The van der Waals surface area contributed by atoms with Gasteiger partial charge in [0.2, 0.25) is 0 Å². The molecule has 0 aliphatic carbocycles. The molecule has 0 aromatic carbocycles. The highest BCUT2D eigenvalue weighted by atomic mass is 16.3. The Morgan fingerprint density at radius 3 is 2.91 bits per heavy atom. The van der Waals surface area contributed by atoms with Gasteiger partial charge < -0.3 is 4.42 Å². The van der Waals surface area contributed by atoms with Crippen molar-refractivity contribution in [2.45, 2.75) is 6.42 Å². The Balaban J connectivity index is 1.70. The molecule has 0 aliphatic heterocycles. The van der Waals surface area contributed by atoms with Crippen LogP contribution in [0, 0.1) is 0 Å². The van der Waals surface area contributed by atoms with Crippen LogP contribution in [0.25, 0.3) is 16.9 Å². The Morgan fingerprint density at radius 1 is 1.17 bits per heavy atom. The molecule has 4 rings (SSSR count). The molecule has 23 heavy (non-hydrogen) atoms. The maximum atomic E-state index is 12.3. The monoisotopic (exact) mass is 304 g/mol. The quantitative estimate of drug-likeness (QED) is 0.542. The number of carbonyl (C=O) groups excluding carboxylic acids is 1. The summed E-state index contributed by atoms with van der Waals surface area (Å²) in [5.74, 6) is 0.425. The third kappa shape index (κ3) is 2.50. The van der Waals surface area contributed by atoms with Crippen molar-refractivity contribution < 1.29 is 9.21 Å². The van der Waals surface area contributed by atoms with E-state index in [1.54, 1.807) is 41.6 Å². The minimum atomic E-state index is -0.0566. The zero-order chi connectivity index (χ0) is 15.6. The highest BCUT2D eigenvalue weighted by Crippen LogP contribution is 2.20. The van der Waals surface area contributed by atoms with Crippen LogP contribution in [0.5, 0.6) is 0 Å². The molecular weight excluding hydrogens is 292 g/mol. The molecule has 4 aromatic heterocycles. The molecule has 0 aliphatic rings. The summed E-state index contributed by atoms with van der Waals surface area (Å²) in [6.45, 7) is 0. The van der Waals surface area contributed by atoms with Gasteiger partial charge in [-0.3, -0.25) is 9.78 Å². The number of hydrogen-bond donors (Lipinski definition) is 0. The molecule has 0 N–H and O–H groups in total. The first-order chi connectivity index (χ1) is 11.3. The summed E-state index contributed by atoms with van der Waals surface area (Å²) in [6, 6.07) is 11.0. The van der Waals surface area contributed by atoms with E-state index in [1.807, 2.05) is 24.3 Å². The summed E-state index contributed by atoms with van der Waals surface area (Å²) in [4.78, 5) is 20.6. The first-order valence-electron chi connectivity index (χ1n) is 7.12. The van der Waals surface area contributed by atoms with E-state index in [1.165, 1.54) is 0 Å². The van der Waals surface area contributed by atoms with Crippen molar-refractivity contribution in [2.24, 2.45) is 0 Å². The molecule has 0 bridgehead atoms. The van der Waals surface area contributed by atoms with Crippen LogP contribution in [0.2, 0.25) is 0 Å². The fourth-order valence-corrected chi connectivity index (χ4v) is 2.43. The molecule has 0 saturated heterocycles. The van der Waals surface area contributed by atoms with Crippen LogP contribution in [0.4, 0.5) is 0 Å². The molecule has 4 heterocycles. The minimum Gasteiger partial charge on any atom is -0.472 e. The maximum Gasteiger partial charge on any atom is 0.172 e. The van der Waals surface area contributed by atoms with E-state index < -0.39 is 0 Å². The van der Waals surface area contributed by atoms with Crippen LogP contribution in [0.1, 0.15) is 16.2 Å². The normalized spacial score (nSPS) is 11.0. The summed E-state index contributed by atoms with van der Waals surface area (Å²) in [6.07, 6.45) is 6.58. The summed E-state index contributed by atoms with van der Waals surface area (Å²) >= 11 is 0. The van der Waals surface area contributed by atoms with Crippen molar-refractivity contribution in [1.82, 2.24) is 19.6 Å². The van der Waals surface area contributed by atoms with E-state index in [0.29, 0.717) is 17.0 Å². The van der Waals surface area contributed by atoms with Crippen molar-refractivity contribution in [2.75, 3.05) is 0 Å². The second-order valence-electron chi connectivity index (χ2n) is 5.06. The lowest BCUT2D eigenvalue weighted by Crippen LogP contribution is -2.05. The molecule has 6 heteroatoms. The summed E-state index contributed by atoms with van der Waals surface area (Å²) < 4.78 is 6.84. The van der Waals surface area contributed by atoms with Crippen molar-refractivity contribution in [3.8, 4) is 11.3 Å².